The minimum atomic E-state index is -0.0203. The first-order chi connectivity index (χ1) is 14.5. The Labute approximate surface area is 177 Å². The van der Waals surface area contributed by atoms with Gasteiger partial charge < -0.3 is 10.1 Å². The van der Waals surface area contributed by atoms with Crippen molar-refractivity contribution in [3.8, 4) is 16.9 Å². The zero-order valence-corrected chi connectivity index (χ0v) is 17.9. The van der Waals surface area contributed by atoms with Crippen LogP contribution in [0.25, 0.3) is 16.7 Å². The Morgan fingerprint density at radius 3 is 2.53 bits per heavy atom. The number of allylic oxidation sites excluding steroid dienone is 1. The van der Waals surface area contributed by atoms with Gasteiger partial charge in [-0.25, -0.2) is 0 Å². The number of nitrogens with zero attached hydrogens (tertiary/aromatic N) is 1. The first-order valence-electron chi connectivity index (χ1n) is 10.1. The smallest absolute Gasteiger partial charge is 0.217 e. The van der Waals surface area contributed by atoms with Crippen LogP contribution in [0.2, 0.25) is 0 Å². The molecule has 1 aliphatic rings. The molecule has 0 atom stereocenters. The molecule has 1 heterocycles. The van der Waals surface area contributed by atoms with Gasteiger partial charge in [0.15, 0.2) is 0 Å². The highest BCUT2D eigenvalue weighted by molar-refractivity contribution is 5.86. The minimum absolute atomic E-state index is 0.0203. The molecule has 1 amide bonds. The van der Waals surface area contributed by atoms with Crippen molar-refractivity contribution in [1.82, 2.24) is 10.3 Å². The molecule has 0 fully saturated rings. The Balaban J connectivity index is 1.65. The Morgan fingerprint density at radius 1 is 1.07 bits per heavy atom. The molecule has 0 aliphatic heterocycles. The molecule has 2 aromatic carbocycles. The van der Waals surface area contributed by atoms with Crippen LogP contribution in [0.4, 0.5) is 0 Å². The summed E-state index contributed by atoms with van der Waals surface area (Å²) >= 11 is 0. The van der Waals surface area contributed by atoms with E-state index in [1.54, 1.807) is 7.11 Å². The van der Waals surface area contributed by atoms with E-state index in [-0.39, 0.29) is 5.91 Å². The second-order valence-electron chi connectivity index (χ2n) is 7.77. The number of fused-ring (bicyclic) bond motifs is 1. The summed E-state index contributed by atoms with van der Waals surface area (Å²) < 4.78 is 5.56. The van der Waals surface area contributed by atoms with Crippen LogP contribution in [0.5, 0.6) is 5.75 Å². The lowest BCUT2D eigenvalue weighted by Crippen LogP contribution is -2.18. The molecule has 0 unspecified atom stereocenters. The van der Waals surface area contributed by atoms with Gasteiger partial charge in [0.25, 0.3) is 0 Å². The van der Waals surface area contributed by atoms with Crippen LogP contribution >= 0.6 is 0 Å². The molecule has 0 bridgehead atoms. The van der Waals surface area contributed by atoms with E-state index < -0.39 is 0 Å². The summed E-state index contributed by atoms with van der Waals surface area (Å²) in [5.41, 5.74) is 10.3. The Kier molecular flexibility index (Phi) is 5.40. The summed E-state index contributed by atoms with van der Waals surface area (Å²) in [4.78, 5) is 15.9. The lowest BCUT2D eigenvalue weighted by Gasteiger charge is -2.13. The maximum absolute atomic E-state index is 11.1. The van der Waals surface area contributed by atoms with Crippen LogP contribution in [0.1, 0.15) is 40.4 Å². The zero-order chi connectivity index (χ0) is 21.3. The average Bonchev–Trinajstić information content (AvgIpc) is 3.17. The minimum Gasteiger partial charge on any atom is -0.496 e. The predicted molar refractivity (Wildman–Crippen MR) is 120 cm³/mol. The molecule has 1 aromatic heterocycles. The summed E-state index contributed by atoms with van der Waals surface area (Å²) in [5, 5.41) is 2.84. The molecule has 1 N–H and O–H groups in total. The fourth-order valence-corrected chi connectivity index (χ4v) is 3.86. The topological polar surface area (TPSA) is 51.2 Å². The molecule has 0 saturated heterocycles. The summed E-state index contributed by atoms with van der Waals surface area (Å²) in [5.74, 6) is 0.879. The third kappa shape index (κ3) is 3.86. The van der Waals surface area contributed by atoms with Gasteiger partial charge in [0.05, 0.1) is 12.8 Å². The summed E-state index contributed by atoms with van der Waals surface area (Å²) in [6.45, 7) is 6.27. The number of ether oxygens (including phenoxy) is 1. The number of rotatable bonds is 5. The highest BCUT2D eigenvalue weighted by Gasteiger charge is 2.18. The van der Waals surface area contributed by atoms with Gasteiger partial charge in [0, 0.05) is 37.2 Å². The molecule has 0 saturated carbocycles. The molecule has 4 heteroatoms. The number of hydrogen-bond acceptors (Lipinski definition) is 3. The normalized spacial score (nSPS) is 12.3. The van der Waals surface area contributed by atoms with E-state index >= 15 is 0 Å². The van der Waals surface area contributed by atoms with Gasteiger partial charge in [0.2, 0.25) is 5.91 Å². The van der Waals surface area contributed by atoms with Gasteiger partial charge in [-0.15, -0.1) is 0 Å². The molecule has 4 nitrogen and oxygen atoms in total. The molecule has 1 aliphatic carbocycles. The predicted octanol–water partition coefficient (Wildman–Crippen LogP) is 5.00. The molecular weight excluding hydrogens is 372 g/mol. The van der Waals surface area contributed by atoms with Gasteiger partial charge in [0.1, 0.15) is 5.75 Å². The Morgan fingerprint density at radius 2 is 1.83 bits per heavy atom. The zero-order valence-electron chi connectivity index (χ0n) is 17.9. The number of aromatic nitrogens is 1. The van der Waals surface area contributed by atoms with E-state index in [0.717, 1.165) is 45.7 Å². The van der Waals surface area contributed by atoms with E-state index in [0.29, 0.717) is 6.54 Å². The number of methoxy groups -OCH3 is 1. The first kappa shape index (κ1) is 19.9. The van der Waals surface area contributed by atoms with Gasteiger partial charge in [-0.2, -0.15) is 0 Å². The van der Waals surface area contributed by atoms with Crippen LogP contribution in [-0.4, -0.2) is 18.0 Å². The fraction of sp³-hybridized carbons (Fsp3) is 0.231. The fourth-order valence-electron chi connectivity index (χ4n) is 3.86. The highest BCUT2D eigenvalue weighted by atomic mass is 16.5. The van der Waals surface area contributed by atoms with Crippen molar-refractivity contribution >= 4 is 11.5 Å². The van der Waals surface area contributed by atoms with Crippen molar-refractivity contribution in [2.45, 2.75) is 33.7 Å². The van der Waals surface area contributed by atoms with E-state index in [9.17, 15) is 4.79 Å². The summed E-state index contributed by atoms with van der Waals surface area (Å²) in [6.07, 6.45) is 5.04. The molecular formula is C26H26N2O2. The molecule has 3 aromatic rings. The lowest BCUT2D eigenvalue weighted by molar-refractivity contribution is -0.119. The van der Waals surface area contributed by atoms with Gasteiger partial charge in [-0.3, -0.25) is 9.78 Å². The SMILES string of the molecule is COc1cc(-c2cnc3c(c2)C(c2ccc(CNC(C)=O)cc2)=CC3)cc(C)c1C. The van der Waals surface area contributed by atoms with Gasteiger partial charge >= 0.3 is 0 Å². The first-order valence-corrected chi connectivity index (χ1v) is 10.1. The van der Waals surface area contributed by atoms with Crippen molar-refractivity contribution in [2.24, 2.45) is 0 Å². The third-order valence-corrected chi connectivity index (χ3v) is 5.74. The number of carbonyl (C=O) groups excluding carboxylic acids is 1. The van der Waals surface area contributed by atoms with Crippen molar-refractivity contribution < 1.29 is 9.53 Å². The van der Waals surface area contributed by atoms with E-state index in [1.807, 2.05) is 6.20 Å². The van der Waals surface area contributed by atoms with E-state index in [1.165, 1.54) is 23.6 Å². The van der Waals surface area contributed by atoms with Crippen LogP contribution in [0.3, 0.4) is 0 Å². The average molecular weight is 399 g/mol. The Bertz CT molecular complexity index is 1140. The van der Waals surface area contributed by atoms with Crippen LogP contribution < -0.4 is 10.1 Å². The Hall–Kier alpha value is -3.40. The van der Waals surface area contributed by atoms with Crippen molar-refractivity contribution in [1.29, 1.82) is 0 Å². The number of aryl methyl sites for hydroxylation is 1. The molecule has 152 valence electrons. The standard InChI is InChI=1S/C26H26N2O2/c1-16-11-21(13-26(30-4)17(16)2)22-12-24-23(9-10-25(24)28-15-22)20-7-5-19(6-8-20)14-27-18(3)29/h5-9,11-13,15H,10,14H2,1-4H3,(H,27,29). The quantitative estimate of drug-likeness (QED) is 0.658. The maximum atomic E-state index is 11.1. The monoisotopic (exact) mass is 398 g/mol. The van der Waals surface area contributed by atoms with Gasteiger partial charge in [-0.1, -0.05) is 36.4 Å². The second-order valence-corrected chi connectivity index (χ2v) is 7.77. The highest BCUT2D eigenvalue weighted by Crippen LogP contribution is 2.36. The number of nitrogens with one attached hydrogen (secondary N) is 1. The summed E-state index contributed by atoms with van der Waals surface area (Å²) in [7, 11) is 1.71. The van der Waals surface area contributed by atoms with Crippen molar-refractivity contribution in [2.75, 3.05) is 7.11 Å². The third-order valence-electron chi connectivity index (χ3n) is 5.74. The summed E-state index contributed by atoms with van der Waals surface area (Å²) in [6, 6.07) is 14.9. The maximum Gasteiger partial charge on any atom is 0.217 e. The largest absolute Gasteiger partial charge is 0.496 e. The van der Waals surface area contributed by atoms with Crippen molar-refractivity contribution in [3.05, 3.63) is 88.2 Å². The number of amides is 1. The molecule has 30 heavy (non-hydrogen) atoms. The number of hydrogen-bond donors (Lipinski definition) is 1. The van der Waals surface area contributed by atoms with Crippen LogP contribution in [-0.2, 0) is 17.8 Å². The van der Waals surface area contributed by atoms with E-state index in [4.69, 9.17) is 9.72 Å². The van der Waals surface area contributed by atoms with E-state index in [2.05, 4.69) is 67.7 Å². The van der Waals surface area contributed by atoms with Crippen LogP contribution in [0, 0.1) is 13.8 Å². The van der Waals surface area contributed by atoms with Crippen LogP contribution in [0.15, 0.2) is 54.7 Å². The lowest BCUT2D eigenvalue weighted by atomic mass is 9.95. The number of carbonyl (C=O) groups is 1. The number of benzene rings is 2. The molecule has 0 spiro atoms. The molecule has 0 radical (unpaired) electrons. The second kappa shape index (κ2) is 8.15. The molecule has 4 rings (SSSR count). The van der Waals surface area contributed by atoms with Crippen molar-refractivity contribution in [3.63, 3.8) is 0 Å². The number of pyridine rings is 1. The van der Waals surface area contributed by atoms with Gasteiger partial charge in [-0.05, 0) is 59.4 Å².